The molecule has 25 heavy (non-hydrogen) atoms. The van der Waals surface area contributed by atoms with Gasteiger partial charge in [-0.25, -0.2) is 4.98 Å². The molecule has 0 bridgehead atoms. The monoisotopic (exact) mass is 341 g/mol. The smallest absolute Gasteiger partial charge is 0.145 e. The molecule has 2 aliphatic rings. The molecule has 5 heteroatoms. The summed E-state index contributed by atoms with van der Waals surface area (Å²) in [5, 5.41) is 11.0. The van der Waals surface area contributed by atoms with Gasteiger partial charge in [-0.3, -0.25) is 4.90 Å². The van der Waals surface area contributed by atoms with E-state index in [1.54, 1.807) is 7.11 Å². The lowest BCUT2D eigenvalue weighted by Gasteiger charge is -2.41. The molecule has 134 valence electrons. The highest BCUT2D eigenvalue weighted by Crippen LogP contribution is 2.28. The molecule has 0 spiro atoms. The first-order valence-electron chi connectivity index (χ1n) is 9.35. The number of piperidine rings is 2. The van der Waals surface area contributed by atoms with Gasteiger partial charge in [0.05, 0.1) is 13.2 Å². The van der Waals surface area contributed by atoms with Crippen molar-refractivity contribution < 1.29 is 9.84 Å². The van der Waals surface area contributed by atoms with Crippen LogP contribution in [0.15, 0.2) is 30.3 Å². The summed E-state index contributed by atoms with van der Waals surface area (Å²) in [6.45, 7) is 4.01. The molecule has 2 saturated heterocycles. The van der Waals surface area contributed by atoms with Gasteiger partial charge < -0.3 is 14.7 Å². The van der Waals surface area contributed by atoms with Crippen molar-refractivity contribution in [3.63, 3.8) is 0 Å². The quantitative estimate of drug-likeness (QED) is 0.930. The van der Waals surface area contributed by atoms with Crippen LogP contribution in [0.25, 0.3) is 10.9 Å². The molecular formula is C20H27N3O2. The van der Waals surface area contributed by atoms with Crippen molar-refractivity contribution in [3.8, 4) is 5.75 Å². The lowest BCUT2D eigenvalue weighted by Crippen LogP contribution is -2.49. The number of nitrogens with zero attached hydrogens (tertiary/aromatic N) is 3. The fraction of sp³-hybridized carbons (Fsp3) is 0.550. The highest BCUT2D eigenvalue weighted by Gasteiger charge is 2.28. The Bertz CT molecular complexity index is 728. The minimum absolute atomic E-state index is 0.138. The number of ether oxygens (including phenoxy) is 1. The molecule has 2 aliphatic heterocycles. The maximum atomic E-state index is 9.92. The Morgan fingerprint density at radius 3 is 2.68 bits per heavy atom. The average molecular weight is 341 g/mol. The molecule has 1 aromatic carbocycles. The normalized spacial score (nSPS) is 23.1. The molecule has 4 rings (SSSR count). The van der Waals surface area contributed by atoms with Gasteiger partial charge in [-0.05, 0) is 50.4 Å². The summed E-state index contributed by atoms with van der Waals surface area (Å²) in [6, 6.07) is 10.9. The minimum atomic E-state index is -0.138. The first-order valence-corrected chi connectivity index (χ1v) is 9.35. The van der Waals surface area contributed by atoms with Crippen LogP contribution in [0.4, 0.5) is 5.82 Å². The average Bonchev–Trinajstić information content (AvgIpc) is 2.67. The molecule has 2 fully saturated rings. The van der Waals surface area contributed by atoms with Crippen molar-refractivity contribution in [3.05, 3.63) is 30.3 Å². The van der Waals surface area contributed by atoms with Crippen LogP contribution < -0.4 is 9.64 Å². The number of aromatic nitrogens is 1. The Hall–Kier alpha value is -1.85. The Kier molecular flexibility index (Phi) is 4.77. The number of likely N-dealkylation sites (tertiary alicyclic amines) is 1. The molecule has 0 saturated carbocycles. The van der Waals surface area contributed by atoms with Gasteiger partial charge in [-0.1, -0.05) is 12.1 Å². The van der Waals surface area contributed by atoms with E-state index in [0.717, 1.165) is 74.3 Å². The number of fused-ring (bicyclic) bond motifs is 1. The highest BCUT2D eigenvalue weighted by atomic mass is 16.5. The van der Waals surface area contributed by atoms with Gasteiger partial charge in [0.2, 0.25) is 0 Å². The highest BCUT2D eigenvalue weighted by molar-refractivity contribution is 5.85. The van der Waals surface area contributed by atoms with Gasteiger partial charge in [0.25, 0.3) is 0 Å². The number of methoxy groups -OCH3 is 1. The van der Waals surface area contributed by atoms with E-state index in [1.807, 2.05) is 12.1 Å². The summed E-state index contributed by atoms with van der Waals surface area (Å²) in [6.07, 6.45) is 4.21. The first-order chi connectivity index (χ1) is 12.2. The largest absolute Gasteiger partial charge is 0.494 e. The Labute approximate surface area is 149 Å². The van der Waals surface area contributed by atoms with Crippen LogP contribution in [0.5, 0.6) is 5.75 Å². The van der Waals surface area contributed by atoms with E-state index in [1.165, 1.54) is 0 Å². The predicted molar refractivity (Wildman–Crippen MR) is 100 cm³/mol. The summed E-state index contributed by atoms with van der Waals surface area (Å²) >= 11 is 0. The van der Waals surface area contributed by atoms with Crippen LogP contribution in [0.1, 0.15) is 25.7 Å². The van der Waals surface area contributed by atoms with Gasteiger partial charge in [-0.2, -0.15) is 0 Å². The van der Waals surface area contributed by atoms with Crippen molar-refractivity contribution in [1.29, 1.82) is 0 Å². The van der Waals surface area contributed by atoms with Crippen LogP contribution in [-0.4, -0.2) is 60.4 Å². The second-order valence-corrected chi connectivity index (χ2v) is 7.21. The molecule has 1 N–H and O–H groups in total. The van der Waals surface area contributed by atoms with Crippen LogP contribution >= 0.6 is 0 Å². The van der Waals surface area contributed by atoms with Crippen molar-refractivity contribution >= 4 is 16.7 Å². The van der Waals surface area contributed by atoms with E-state index >= 15 is 0 Å². The van der Waals surface area contributed by atoms with Crippen LogP contribution in [0, 0.1) is 0 Å². The molecular weight excluding hydrogens is 314 g/mol. The van der Waals surface area contributed by atoms with Crippen LogP contribution in [-0.2, 0) is 0 Å². The van der Waals surface area contributed by atoms with Gasteiger partial charge in [0.1, 0.15) is 17.1 Å². The summed E-state index contributed by atoms with van der Waals surface area (Å²) in [5.41, 5.74) is 0.934. The molecule has 3 heterocycles. The minimum Gasteiger partial charge on any atom is -0.494 e. The zero-order chi connectivity index (χ0) is 17.2. The fourth-order valence-corrected chi connectivity index (χ4v) is 4.23. The molecule has 2 aromatic rings. The number of aliphatic hydroxyl groups is 1. The number of hydrogen-bond donors (Lipinski definition) is 1. The number of pyridine rings is 1. The van der Waals surface area contributed by atoms with Gasteiger partial charge in [-0.15, -0.1) is 0 Å². The Balaban J connectivity index is 1.46. The number of rotatable bonds is 3. The Morgan fingerprint density at radius 2 is 1.92 bits per heavy atom. The van der Waals surface area contributed by atoms with E-state index in [0.29, 0.717) is 6.04 Å². The van der Waals surface area contributed by atoms with Crippen molar-refractivity contribution in [2.75, 3.05) is 38.2 Å². The summed E-state index contributed by atoms with van der Waals surface area (Å²) < 4.78 is 5.46. The van der Waals surface area contributed by atoms with E-state index in [-0.39, 0.29) is 6.10 Å². The zero-order valence-corrected chi connectivity index (χ0v) is 14.9. The van der Waals surface area contributed by atoms with Gasteiger partial charge in [0.15, 0.2) is 0 Å². The van der Waals surface area contributed by atoms with E-state index < -0.39 is 0 Å². The standard InChI is InChI=1S/C20H27N3O2/c1-25-18-6-2-4-15-7-8-19(21-20(15)18)22-12-9-16(10-13-22)23-11-3-5-17(24)14-23/h2,4,6-8,16-17,24H,3,5,9-14H2,1H3/t17-/m1/s1. The maximum absolute atomic E-state index is 9.92. The summed E-state index contributed by atoms with van der Waals surface area (Å²) in [5.74, 6) is 1.87. The van der Waals surface area contributed by atoms with Crippen molar-refractivity contribution in [2.24, 2.45) is 0 Å². The van der Waals surface area contributed by atoms with Gasteiger partial charge in [0, 0.05) is 31.1 Å². The molecule has 5 nitrogen and oxygen atoms in total. The Morgan fingerprint density at radius 1 is 1.08 bits per heavy atom. The third-order valence-electron chi connectivity index (χ3n) is 5.62. The fourth-order valence-electron chi connectivity index (χ4n) is 4.23. The van der Waals surface area contributed by atoms with E-state index in [4.69, 9.17) is 9.72 Å². The number of hydrogen-bond acceptors (Lipinski definition) is 5. The van der Waals surface area contributed by atoms with E-state index in [2.05, 4.69) is 28.0 Å². The lowest BCUT2D eigenvalue weighted by molar-refractivity contribution is 0.0398. The number of aliphatic hydroxyl groups excluding tert-OH is 1. The molecule has 0 unspecified atom stereocenters. The summed E-state index contributed by atoms with van der Waals surface area (Å²) in [7, 11) is 1.70. The van der Waals surface area contributed by atoms with Crippen LogP contribution in [0.3, 0.4) is 0 Å². The van der Waals surface area contributed by atoms with E-state index in [9.17, 15) is 5.11 Å². The van der Waals surface area contributed by atoms with Gasteiger partial charge >= 0.3 is 0 Å². The lowest BCUT2D eigenvalue weighted by atomic mass is 9.99. The molecule has 0 radical (unpaired) electrons. The number of anilines is 1. The maximum Gasteiger partial charge on any atom is 0.145 e. The number of para-hydroxylation sites is 1. The second-order valence-electron chi connectivity index (χ2n) is 7.21. The molecule has 0 amide bonds. The second kappa shape index (κ2) is 7.18. The topological polar surface area (TPSA) is 48.8 Å². The number of benzene rings is 1. The SMILES string of the molecule is COc1cccc2ccc(N3CCC(N4CCC[C@@H](O)C4)CC3)nc12. The molecule has 1 aromatic heterocycles. The molecule has 0 aliphatic carbocycles. The third kappa shape index (κ3) is 3.44. The predicted octanol–water partition coefficient (Wildman–Crippen LogP) is 2.67. The summed E-state index contributed by atoms with van der Waals surface area (Å²) in [4.78, 5) is 9.73. The third-order valence-corrected chi connectivity index (χ3v) is 5.62. The zero-order valence-electron chi connectivity index (χ0n) is 14.9. The first kappa shape index (κ1) is 16.6. The van der Waals surface area contributed by atoms with Crippen LogP contribution in [0.2, 0.25) is 0 Å². The van der Waals surface area contributed by atoms with Crippen molar-refractivity contribution in [2.45, 2.75) is 37.8 Å². The molecule has 1 atom stereocenters. The number of β-amino-alcohol motifs (C(OH)–C–C–N with tert-alkyl or cyclic N) is 1. The van der Waals surface area contributed by atoms with Crippen molar-refractivity contribution in [1.82, 2.24) is 9.88 Å².